The Hall–Kier alpha value is -2.31. The summed E-state index contributed by atoms with van der Waals surface area (Å²) < 4.78 is 18.6. The van der Waals surface area contributed by atoms with Gasteiger partial charge in [-0.25, -0.2) is 4.39 Å². The molecule has 1 aliphatic heterocycles. The maximum Gasteiger partial charge on any atom is 0.167 e. The summed E-state index contributed by atoms with van der Waals surface area (Å²) in [4.78, 5) is 8.62. The van der Waals surface area contributed by atoms with Crippen LogP contribution < -0.4 is 0 Å². The van der Waals surface area contributed by atoms with Gasteiger partial charge < -0.3 is 4.52 Å². The van der Waals surface area contributed by atoms with Crippen LogP contribution in [0.15, 0.2) is 47.2 Å². The molecule has 0 saturated carbocycles. The van der Waals surface area contributed by atoms with Gasteiger partial charge in [0, 0.05) is 50.9 Å². The van der Waals surface area contributed by atoms with Gasteiger partial charge >= 0.3 is 0 Å². The largest absolute Gasteiger partial charge is 0.356 e. The molecule has 0 bridgehead atoms. The quantitative estimate of drug-likeness (QED) is 0.738. The van der Waals surface area contributed by atoms with E-state index >= 15 is 0 Å². The third-order valence-electron chi connectivity index (χ3n) is 4.46. The van der Waals surface area contributed by atoms with Crippen molar-refractivity contribution < 1.29 is 8.91 Å². The van der Waals surface area contributed by atoms with Crippen molar-refractivity contribution in [1.82, 2.24) is 19.9 Å². The highest BCUT2D eigenvalue weighted by Crippen LogP contribution is 2.20. The van der Waals surface area contributed by atoms with E-state index in [0.717, 1.165) is 61.5 Å². The minimum absolute atomic E-state index is 0.274. The number of pyridine rings is 1. The van der Waals surface area contributed by atoms with Crippen LogP contribution >= 0.6 is 0 Å². The van der Waals surface area contributed by atoms with Crippen molar-refractivity contribution in [2.24, 2.45) is 0 Å². The zero-order valence-corrected chi connectivity index (χ0v) is 13.4. The number of aromatic nitrogens is 2. The van der Waals surface area contributed by atoms with Crippen LogP contribution in [0.1, 0.15) is 11.3 Å². The maximum atomic E-state index is 13.2. The number of hydrogen-bond donors (Lipinski definition) is 0. The molecule has 0 N–H and O–H groups in total. The Balaban J connectivity index is 1.34. The van der Waals surface area contributed by atoms with Gasteiger partial charge in [0.2, 0.25) is 0 Å². The van der Waals surface area contributed by atoms with E-state index in [0.29, 0.717) is 0 Å². The Kier molecular flexibility index (Phi) is 4.23. The molecule has 0 atom stereocenters. The maximum absolute atomic E-state index is 13.2. The minimum Gasteiger partial charge on any atom is -0.356 e. The first-order valence-corrected chi connectivity index (χ1v) is 8.15. The van der Waals surface area contributed by atoms with Gasteiger partial charge in [0.1, 0.15) is 11.5 Å². The smallest absolute Gasteiger partial charge is 0.167 e. The average Bonchev–Trinajstić information content (AvgIpc) is 3.00. The molecule has 0 spiro atoms. The Morgan fingerprint density at radius 2 is 1.75 bits per heavy atom. The highest BCUT2D eigenvalue weighted by molar-refractivity contribution is 5.79. The lowest BCUT2D eigenvalue weighted by Gasteiger charge is -2.34. The summed E-state index contributed by atoms with van der Waals surface area (Å²) in [6.07, 6.45) is 2.97. The Bertz CT molecular complexity index is 827. The molecule has 3 aromatic rings. The van der Waals surface area contributed by atoms with E-state index in [9.17, 15) is 4.39 Å². The highest BCUT2D eigenvalue weighted by atomic mass is 19.1. The fourth-order valence-electron chi connectivity index (χ4n) is 3.17. The molecular weight excluding hydrogens is 307 g/mol. The predicted molar refractivity (Wildman–Crippen MR) is 88.8 cm³/mol. The monoisotopic (exact) mass is 326 g/mol. The summed E-state index contributed by atoms with van der Waals surface area (Å²) in [6, 6.07) is 9.51. The summed E-state index contributed by atoms with van der Waals surface area (Å²) >= 11 is 0. The molecule has 24 heavy (non-hydrogen) atoms. The van der Waals surface area contributed by atoms with Crippen molar-refractivity contribution >= 4 is 11.0 Å². The topological polar surface area (TPSA) is 45.4 Å². The normalized spacial score (nSPS) is 16.7. The van der Waals surface area contributed by atoms with E-state index < -0.39 is 0 Å². The lowest BCUT2D eigenvalue weighted by molar-refractivity contribution is 0.120. The minimum atomic E-state index is -0.274. The number of halogens is 1. The lowest BCUT2D eigenvalue weighted by Crippen LogP contribution is -2.45. The van der Waals surface area contributed by atoms with Gasteiger partial charge in [-0.3, -0.25) is 14.8 Å². The molecule has 1 saturated heterocycles. The molecule has 3 heterocycles. The zero-order valence-electron chi connectivity index (χ0n) is 13.4. The SMILES string of the molecule is Fc1cncc(CN2CCN(Cc3noc4ccccc34)CC2)c1. The molecule has 124 valence electrons. The van der Waals surface area contributed by atoms with Crippen molar-refractivity contribution in [2.75, 3.05) is 26.2 Å². The summed E-state index contributed by atoms with van der Waals surface area (Å²) in [5.74, 6) is -0.274. The summed E-state index contributed by atoms with van der Waals surface area (Å²) in [6.45, 7) is 5.37. The van der Waals surface area contributed by atoms with Crippen molar-refractivity contribution in [2.45, 2.75) is 13.1 Å². The van der Waals surface area contributed by atoms with Crippen LogP contribution in [0.4, 0.5) is 4.39 Å². The number of para-hydroxylation sites is 1. The van der Waals surface area contributed by atoms with Crippen LogP contribution in [0.25, 0.3) is 11.0 Å². The fourth-order valence-corrected chi connectivity index (χ4v) is 3.17. The third kappa shape index (κ3) is 3.29. The van der Waals surface area contributed by atoms with E-state index in [1.54, 1.807) is 12.3 Å². The Morgan fingerprint density at radius 3 is 2.54 bits per heavy atom. The summed E-state index contributed by atoms with van der Waals surface area (Å²) in [7, 11) is 0. The molecule has 0 radical (unpaired) electrons. The number of piperazine rings is 1. The Morgan fingerprint density at radius 1 is 1.00 bits per heavy atom. The van der Waals surface area contributed by atoms with Gasteiger partial charge in [-0.05, 0) is 23.8 Å². The molecule has 1 aliphatic rings. The molecule has 4 rings (SSSR count). The second-order valence-electron chi connectivity index (χ2n) is 6.19. The van der Waals surface area contributed by atoms with E-state index in [-0.39, 0.29) is 5.82 Å². The zero-order chi connectivity index (χ0) is 16.4. The van der Waals surface area contributed by atoms with E-state index in [4.69, 9.17) is 4.52 Å². The molecule has 0 unspecified atom stereocenters. The fraction of sp³-hybridized carbons (Fsp3) is 0.333. The van der Waals surface area contributed by atoms with Gasteiger partial charge in [-0.1, -0.05) is 17.3 Å². The summed E-state index contributed by atoms with van der Waals surface area (Å²) in [5.41, 5.74) is 2.75. The van der Waals surface area contributed by atoms with Gasteiger partial charge in [0.15, 0.2) is 5.58 Å². The number of benzene rings is 1. The van der Waals surface area contributed by atoms with E-state index in [1.807, 2.05) is 24.3 Å². The molecule has 0 amide bonds. The first kappa shape index (κ1) is 15.2. The first-order chi connectivity index (χ1) is 11.8. The second-order valence-corrected chi connectivity index (χ2v) is 6.19. The molecule has 1 fully saturated rings. The van der Waals surface area contributed by atoms with Gasteiger partial charge in [-0.2, -0.15) is 0 Å². The predicted octanol–water partition coefficient (Wildman–Crippen LogP) is 2.68. The van der Waals surface area contributed by atoms with E-state index in [2.05, 4.69) is 19.9 Å². The van der Waals surface area contributed by atoms with Crippen molar-refractivity contribution in [3.63, 3.8) is 0 Å². The van der Waals surface area contributed by atoms with Crippen LogP contribution in [0.5, 0.6) is 0 Å². The molecular formula is C18H19FN4O. The highest BCUT2D eigenvalue weighted by Gasteiger charge is 2.19. The van der Waals surface area contributed by atoms with E-state index in [1.165, 1.54) is 6.20 Å². The Labute approximate surface area is 139 Å². The second kappa shape index (κ2) is 6.67. The van der Waals surface area contributed by atoms with Crippen molar-refractivity contribution in [3.8, 4) is 0 Å². The van der Waals surface area contributed by atoms with Crippen molar-refractivity contribution in [1.29, 1.82) is 0 Å². The van der Waals surface area contributed by atoms with Crippen molar-refractivity contribution in [3.05, 3.63) is 59.8 Å². The lowest BCUT2D eigenvalue weighted by atomic mass is 10.2. The number of rotatable bonds is 4. The molecule has 2 aromatic heterocycles. The van der Waals surface area contributed by atoms with Crippen LogP contribution in [0.3, 0.4) is 0 Å². The van der Waals surface area contributed by atoms with Gasteiger partial charge in [0.25, 0.3) is 0 Å². The molecule has 6 heteroatoms. The van der Waals surface area contributed by atoms with Crippen LogP contribution in [0, 0.1) is 5.82 Å². The average molecular weight is 326 g/mol. The number of fused-ring (bicyclic) bond motifs is 1. The number of hydrogen-bond acceptors (Lipinski definition) is 5. The third-order valence-corrected chi connectivity index (χ3v) is 4.46. The van der Waals surface area contributed by atoms with Gasteiger partial charge in [-0.15, -0.1) is 0 Å². The molecule has 1 aromatic carbocycles. The van der Waals surface area contributed by atoms with Gasteiger partial charge in [0.05, 0.1) is 6.20 Å². The summed E-state index contributed by atoms with van der Waals surface area (Å²) in [5, 5.41) is 5.29. The number of nitrogens with zero attached hydrogens (tertiary/aromatic N) is 4. The first-order valence-electron chi connectivity index (χ1n) is 8.15. The van der Waals surface area contributed by atoms with Crippen LogP contribution in [0.2, 0.25) is 0 Å². The standard InChI is InChI=1S/C18H19FN4O/c19-15-9-14(10-20-11-15)12-22-5-7-23(8-6-22)13-17-16-3-1-2-4-18(16)24-21-17/h1-4,9-11H,5-8,12-13H2. The van der Waals surface area contributed by atoms with Crippen LogP contribution in [-0.2, 0) is 13.1 Å². The molecule has 0 aliphatic carbocycles. The molecule has 5 nitrogen and oxygen atoms in total. The van der Waals surface area contributed by atoms with Crippen LogP contribution in [-0.4, -0.2) is 46.1 Å².